The van der Waals surface area contributed by atoms with Gasteiger partial charge in [-0.1, -0.05) is 30.3 Å². The highest BCUT2D eigenvalue weighted by molar-refractivity contribution is 7.81. The monoisotopic (exact) mass is 485 g/mol. The van der Waals surface area contributed by atoms with Crippen molar-refractivity contribution in [3.8, 4) is 5.75 Å². The minimum Gasteiger partial charge on any atom is -0.497 e. The molecule has 0 bridgehead atoms. The Morgan fingerprint density at radius 1 is 0.800 bits per heavy atom. The predicted molar refractivity (Wildman–Crippen MR) is 145 cm³/mol. The number of rotatable bonds is 7. The van der Waals surface area contributed by atoms with Crippen LogP contribution in [0.3, 0.4) is 0 Å². The van der Waals surface area contributed by atoms with Gasteiger partial charge < -0.3 is 9.64 Å². The maximum Gasteiger partial charge on any atom is 0.270 e. The molecular formula is C28H27N3O3S. The molecule has 0 saturated carbocycles. The van der Waals surface area contributed by atoms with Crippen molar-refractivity contribution < 1.29 is 14.3 Å². The van der Waals surface area contributed by atoms with Crippen LogP contribution in [0.25, 0.3) is 6.08 Å². The Morgan fingerprint density at radius 3 is 1.86 bits per heavy atom. The number of carbonyl (C=O) groups excluding carboxylic acids is 2. The number of hydrogen-bond acceptors (Lipinski definition) is 5. The van der Waals surface area contributed by atoms with Gasteiger partial charge in [-0.15, -0.1) is 0 Å². The van der Waals surface area contributed by atoms with Crippen LogP contribution in [-0.2, 0) is 9.59 Å². The van der Waals surface area contributed by atoms with E-state index in [4.69, 9.17) is 17.0 Å². The first-order chi connectivity index (χ1) is 17.0. The molecule has 178 valence electrons. The number of anilines is 3. The molecule has 0 atom stereocenters. The van der Waals surface area contributed by atoms with Gasteiger partial charge in [0.1, 0.15) is 11.3 Å². The molecule has 0 radical (unpaired) electrons. The summed E-state index contributed by atoms with van der Waals surface area (Å²) in [5, 5.41) is 0.102. The molecule has 6 nitrogen and oxygen atoms in total. The van der Waals surface area contributed by atoms with Gasteiger partial charge in [0.2, 0.25) is 0 Å². The molecule has 0 aliphatic carbocycles. The van der Waals surface area contributed by atoms with E-state index in [2.05, 4.69) is 18.7 Å². The van der Waals surface area contributed by atoms with E-state index in [9.17, 15) is 9.59 Å². The molecule has 1 aliphatic rings. The zero-order valence-electron chi connectivity index (χ0n) is 20.0. The van der Waals surface area contributed by atoms with Crippen molar-refractivity contribution in [3.63, 3.8) is 0 Å². The van der Waals surface area contributed by atoms with Crippen LogP contribution in [0.5, 0.6) is 5.75 Å². The standard InChI is InChI=1S/C28H27N3O3S/c1-4-29(5-2)21-13-11-20(12-14-21)19-25-26(32)30(22-9-7-6-8-10-22)28(35)31(27(25)33)23-15-17-24(34-3)18-16-23/h6-19H,4-5H2,1-3H3/b25-19-. The minimum absolute atomic E-state index is 0.0360. The Bertz CT molecular complexity index is 1250. The summed E-state index contributed by atoms with van der Waals surface area (Å²) >= 11 is 5.66. The first-order valence-electron chi connectivity index (χ1n) is 11.5. The number of thiocarbonyl (C=S) groups is 1. The van der Waals surface area contributed by atoms with Gasteiger partial charge in [-0.25, -0.2) is 0 Å². The van der Waals surface area contributed by atoms with Gasteiger partial charge in [-0.2, -0.15) is 0 Å². The summed E-state index contributed by atoms with van der Waals surface area (Å²) in [6.45, 7) is 6.00. The van der Waals surface area contributed by atoms with Gasteiger partial charge in [0.05, 0.1) is 18.5 Å². The zero-order chi connectivity index (χ0) is 24.9. The minimum atomic E-state index is -0.467. The van der Waals surface area contributed by atoms with Gasteiger partial charge in [-0.05, 0) is 86.2 Å². The van der Waals surface area contributed by atoms with Crippen LogP contribution in [0.1, 0.15) is 19.4 Å². The van der Waals surface area contributed by atoms with E-state index in [0.717, 1.165) is 24.3 Å². The van der Waals surface area contributed by atoms with E-state index in [-0.39, 0.29) is 10.7 Å². The van der Waals surface area contributed by atoms with Crippen LogP contribution in [-0.4, -0.2) is 37.1 Å². The normalized spacial score (nSPS) is 15.1. The average molecular weight is 486 g/mol. The molecule has 35 heavy (non-hydrogen) atoms. The third-order valence-corrected chi connectivity index (χ3v) is 6.29. The van der Waals surface area contributed by atoms with Gasteiger partial charge >= 0.3 is 0 Å². The fourth-order valence-corrected chi connectivity index (χ4v) is 4.41. The van der Waals surface area contributed by atoms with Crippen molar-refractivity contribution in [2.75, 3.05) is 34.9 Å². The molecule has 3 aromatic carbocycles. The highest BCUT2D eigenvalue weighted by Gasteiger charge is 2.41. The lowest BCUT2D eigenvalue weighted by Gasteiger charge is -2.36. The lowest BCUT2D eigenvalue weighted by Crippen LogP contribution is -2.56. The summed E-state index contributed by atoms with van der Waals surface area (Å²) < 4.78 is 5.24. The molecule has 1 saturated heterocycles. The van der Waals surface area contributed by atoms with Crippen molar-refractivity contribution in [1.29, 1.82) is 0 Å². The molecule has 1 fully saturated rings. The molecular weight excluding hydrogens is 458 g/mol. The van der Waals surface area contributed by atoms with Crippen LogP contribution >= 0.6 is 12.2 Å². The lowest BCUT2D eigenvalue weighted by molar-refractivity contribution is -0.120. The number of ether oxygens (including phenoxy) is 1. The number of carbonyl (C=O) groups is 2. The van der Waals surface area contributed by atoms with Crippen molar-refractivity contribution in [2.45, 2.75) is 13.8 Å². The Kier molecular flexibility index (Phi) is 7.27. The highest BCUT2D eigenvalue weighted by atomic mass is 32.1. The lowest BCUT2D eigenvalue weighted by atomic mass is 10.0. The van der Waals surface area contributed by atoms with Crippen molar-refractivity contribution in [2.24, 2.45) is 0 Å². The number of para-hydroxylation sites is 1. The van der Waals surface area contributed by atoms with E-state index < -0.39 is 11.8 Å². The zero-order valence-corrected chi connectivity index (χ0v) is 20.8. The molecule has 4 rings (SSSR count). The molecule has 1 heterocycles. The van der Waals surface area contributed by atoms with E-state index in [0.29, 0.717) is 17.1 Å². The molecule has 1 aliphatic heterocycles. The van der Waals surface area contributed by atoms with Crippen molar-refractivity contribution in [3.05, 3.63) is 90.0 Å². The predicted octanol–water partition coefficient (Wildman–Crippen LogP) is 5.29. The maximum absolute atomic E-state index is 13.6. The van der Waals surface area contributed by atoms with E-state index >= 15 is 0 Å². The molecule has 2 amide bonds. The van der Waals surface area contributed by atoms with Crippen LogP contribution in [0.4, 0.5) is 17.1 Å². The Hall–Kier alpha value is -3.97. The summed E-state index contributed by atoms with van der Waals surface area (Å²) in [7, 11) is 1.58. The van der Waals surface area contributed by atoms with Crippen LogP contribution in [0, 0.1) is 0 Å². The largest absolute Gasteiger partial charge is 0.497 e. The second kappa shape index (κ2) is 10.5. The fraction of sp³-hybridized carbons (Fsp3) is 0.179. The Morgan fingerprint density at radius 2 is 1.34 bits per heavy atom. The smallest absolute Gasteiger partial charge is 0.270 e. The topological polar surface area (TPSA) is 53.1 Å². The third kappa shape index (κ3) is 4.81. The SMILES string of the molecule is CCN(CC)c1ccc(/C=C2/C(=O)N(c3ccccc3)C(=S)N(c3ccc(OC)cc3)C2=O)cc1. The van der Waals surface area contributed by atoms with E-state index in [1.807, 2.05) is 42.5 Å². The number of hydrogen-bond donors (Lipinski definition) is 0. The molecule has 0 spiro atoms. The second-order valence-corrected chi connectivity index (χ2v) is 8.28. The summed E-state index contributed by atoms with van der Waals surface area (Å²) in [5.41, 5.74) is 3.03. The third-order valence-electron chi connectivity index (χ3n) is 5.93. The summed E-state index contributed by atoms with van der Waals surface area (Å²) in [6.07, 6.45) is 1.63. The molecule has 3 aromatic rings. The van der Waals surface area contributed by atoms with E-state index in [1.54, 1.807) is 49.6 Å². The summed E-state index contributed by atoms with van der Waals surface area (Å²) in [6, 6.07) is 23.9. The van der Waals surface area contributed by atoms with Gasteiger partial charge in [0.25, 0.3) is 11.8 Å². The number of methoxy groups -OCH3 is 1. The second-order valence-electron chi connectivity index (χ2n) is 7.92. The Labute approximate surface area is 211 Å². The van der Waals surface area contributed by atoms with Crippen molar-refractivity contribution >= 4 is 52.3 Å². The van der Waals surface area contributed by atoms with E-state index in [1.165, 1.54) is 9.80 Å². The van der Waals surface area contributed by atoms with Gasteiger partial charge in [-0.3, -0.25) is 19.4 Å². The Balaban J connectivity index is 1.78. The van der Waals surface area contributed by atoms with Crippen LogP contribution in [0.15, 0.2) is 84.4 Å². The fourth-order valence-electron chi connectivity index (χ4n) is 4.03. The first kappa shape index (κ1) is 24.2. The molecule has 7 heteroatoms. The van der Waals surface area contributed by atoms with Crippen LogP contribution < -0.4 is 19.4 Å². The van der Waals surface area contributed by atoms with Crippen molar-refractivity contribution in [1.82, 2.24) is 0 Å². The van der Waals surface area contributed by atoms with Gasteiger partial charge in [0.15, 0.2) is 5.11 Å². The van der Waals surface area contributed by atoms with Crippen LogP contribution in [0.2, 0.25) is 0 Å². The summed E-state index contributed by atoms with van der Waals surface area (Å²) in [5.74, 6) is -0.266. The first-order valence-corrected chi connectivity index (χ1v) is 11.9. The van der Waals surface area contributed by atoms with Gasteiger partial charge in [0, 0.05) is 18.8 Å². The highest BCUT2D eigenvalue weighted by Crippen LogP contribution is 2.31. The number of amides is 2. The molecule has 0 aromatic heterocycles. The number of nitrogens with zero attached hydrogens (tertiary/aromatic N) is 3. The average Bonchev–Trinajstić information content (AvgIpc) is 2.89. The molecule has 0 unspecified atom stereocenters. The maximum atomic E-state index is 13.6. The quantitative estimate of drug-likeness (QED) is 0.259. The number of benzene rings is 3. The summed E-state index contributed by atoms with van der Waals surface area (Å²) in [4.78, 5) is 32.2. The molecule has 0 N–H and O–H groups in total.